The molecule has 0 saturated carbocycles. The van der Waals surface area contributed by atoms with Gasteiger partial charge in [0.25, 0.3) is 0 Å². The molecule has 4 nitrogen and oxygen atoms in total. The van der Waals surface area contributed by atoms with Gasteiger partial charge in [0.15, 0.2) is 0 Å². The van der Waals surface area contributed by atoms with E-state index in [-0.39, 0.29) is 6.04 Å². The minimum atomic E-state index is -0.682. The molecule has 0 aromatic heterocycles. The highest BCUT2D eigenvalue weighted by molar-refractivity contribution is 5.73. The molecule has 1 N–H and O–H groups in total. The van der Waals surface area contributed by atoms with Gasteiger partial charge in [-0.25, -0.2) is 0 Å². The van der Waals surface area contributed by atoms with Gasteiger partial charge in [-0.1, -0.05) is 20.3 Å². The lowest BCUT2D eigenvalue weighted by molar-refractivity contribution is -0.145. The van der Waals surface area contributed by atoms with Crippen molar-refractivity contribution >= 4 is 5.97 Å². The normalized spacial score (nSPS) is 26.0. The van der Waals surface area contributed by atoms with E-state index < -0.39 is 5.97 Å². The van der Waals surface area contributed by atoms with Gasteiger partial charge >= 0.3 is 5.97 Å². The number of aliphatic carboxylic acids is 1. The number of carboxylic acids is 1. The van der Waals surface area contributed by atoms with Crippen LogP contribution in [0.25, 0.3) is 0 Å². The third-order valence-corrected chi connectivity index (χ3v) is 3.56. The highest BCUT2D eigenvalue weighted by Gasteiger charge is 2.32. The Bertz CT molecular complexity index is 233. The Morgan fingerprint density at radius 2 is 2.18 bits per heavy atom. The first-order chi connectivity index (χ1) is 8.19. The van der Waals surface area contributed by atoms with Gasteiger partial charge in [-0.05, 0) is 31.7 Å². The van der Waals surface area contributed by atoms with Gasteiger partial charge in [-0.3, -0.25) is 9.69 Å². The molecule has 1 aliphatic heterocycles. The van der Waals surface area contributed by atoms with Crippen LogP contribution in [0.4, 0.5) is 0 Å². The lowest BCUT2D eigenvalue weighted by Crippen LogP contribution is -2.48. The molecule has 0 aromatic carbocycles. The summed E-state index contributed by atoms with van der Waals surface area (Å²) < 4.78 is 5.43. The maximum atomic E-state index is 11.2. The molecule has 1 aliphatic rings. The van der Waals surface area contributed by atoms with Crippen molar-refractivity contribution in [2.24, 2.45) is 5.92 Å². The molecule has 0 amide bonds. The number of carboxylic acid groups (broad SMARTS) is 1. The van der Waals surface area contributed by atoms with Gasteiger partial charge < -0.3 is 9.84 Å². The van der Waals surface area contributed by atoms with Crippen LogP contribution in [0.5, 0.6) is 0 Å². The molecule has 1 heterocycles. The number of carbonyl (C=O) groups is 1. The largest absolute Gasteiger partial charge is 0.480 e. The van der Waals surface area contributed by atoms with Crippen LogP contribution in [0, 0.1) is 5.92 Å². The van der Waals surface area contributed by atoms with Crippen LogP contribution in [0.3, 0.4) is 0 Å². The first-order valence-electron chi connectivity index (χ1n) is 6.73. The van der Waals surface area contributed by atoms with Gasteiger partial charge in [-0.15, -0.1) is 0 Å². The van der Waals surface area contributed by atoms with Crippen molar-refractivity contribution in [1.29, 1.82) is 0 Å². The van der Waals surface area contributed by atoms with Crippen LogP contribution in [0.15, 0.2) is 0 Å². The molecule has 0 aliphatic carbocycles. The maximum Gasteiger partial charge on any atom is 0.320 e. The minimum Gasteiger partial charge on any atom is -0.480 e. The van der Waals surface area contributed by atoms with Crippen molar-refractivity contribution in [3.8, 4) is 0 Å². The third-order valence-electron chi connectivity index (χ3n) is 3.56. The minimum absolute atomic E-state index is 0.307. The monoisotopic (exact) mass is 243 g/mol. The molecule has 17 heavy (non-hydrogen) atoms. The first kappa shape index (κ1) is 14.5. The van der Waals surface area contributed by atoms with Gasteiger partial charge in [0.2, 0.25) is 0 Å². The van der Waals surface area contributed by atoms with E-state index in [1.165, 1.54) is 0 Å². The van der Waals surface area contributed by atoms with Crippen LogP contribution >= 0.6 is 0 Å². The molecule has 2 atom stereocenters. The Kier molecular flexibility index (Phi) is 6.52. The summed E-state index contributed by atoms with van der Waals surface area (Å²) in [5.41, 5.74) is 0. The standard InChI is InChI=1S/C13H25NO3/c1-3-8-17-9-7-14-6-5-11(4-2)10-12(14)13(15)16/h11-12H,3-10H2,1-2H3,(H,15,16). The maximum absolute atomic E-state index is 11.2. The summed E-state index contributed by atoms with van der Waals surface area (Å²) in [4.78, 5) is 13.3. The number of rotatable bonds is 7. The predicted molar refractivity (Wildman–Crippen MR) is 67.1 cm³/mol. The first-order valence-corrected chi connectivity index (χ1v) is 6.73. The fourth-order valence-electron chi connectivity index (χ4n) is 2.41. The van der Waals surface area contributed by atoms with Crippen molar-refractivity contribution in [3.05, 3.63) is 0 Å². The molecule has 100 valence electrons. The van der Waals surface area contributed by atoms with Gasteiger partial charge in [0.05, 0.1) is 6.61 Å². The molecule has 1 fully saturated rings. The number of likely N-dealkylation sites (tertiary alicyclic amines) is 1. The van der Waals surface area contributed by atoms with E-state index >= 15 is 0 Å². The van der Waals surface area contributed by atoms with Gasteiger partial charge in [-0.2, -0.15) is 0 Å². The van der Waals surface area contributed by atoms with Crippen LogP contribution in [-0.2, 0) is 9.53 Å². The summed E-state index contributed by atoms with van der Waals surface area (Å²) in [6, 6.07) is -0.307. The quantitative estimate of drug-likeness (QED) is 0.695. The summed E-state index contributed by atoms with van der Waals surface area (Å²) >= 11 is 0. The summed E-state index contributed by atoms with van der Waals surface area (Å²) in [6.07, 6.45) is 4.01. The van der Waals surface area contributed by atoms with Crippen LogP contribution < -0.4 is 0 Å². The van der Waals surface area contributed by atoms with Crippen molar-refractivity contribution in [2.45, 2.75) is 45.6 Å². The Morgan fingerprint density at radius 3 is 2.76 bits per heavy atom. The molecule has 1 rings (SSSR count). The van der Waals surface area contributed by atoms with E-state index in [1.807, 2.05) is 0 Å². The van der Waals surface area contributed by atoms with Crippen LogP contribution in [0.2, 0.25) is 0 Å². The summed E-state index contributed by atoms with van der Waals surface area (Å²) in [5, 5.41) is 9.24. The fourth-order valence-corrected chi connectivity index (χ4v) is 2.41. The number of hydrogen-bond donors (Lipinski definition) is 1. The second kappa shape index (κ2) is 7.67. The number of piperidine rings is 1. The highest BCUT2D eigenvalue weighted by atomic mass is 16.5. The van der Waals surface area contributed by atoms with Crippen molar-refractivity contribution in [2.75, 3.05) is 26.3 Å². The van der Waals surface area contributed by atoms with E-state index in [0.29, 0.717) is 12.5 Å². The van der Waals surface area contributed by atoms with Crippen molar-refractivity contribution < 1.29 is 14.6 Å². The zero-order valence-electron chi connectivity index (χ0n) is 11.0. The Labute approximate surface area is 104 Å². The van der Waals surface area contributed by atoms with E-state index in [4.69, 9.17) is 4.74 Å². The second-order valence-electron chi connectivity index (χ2n) is 4.80. The summed E-state index contributed by atoms with van der Waals surface area (Å²) in [7, 11) is 0. The molecule has 4 heteroatoms. The average Bonchev–Trinajstić information content (AvgIpc) is 2.34. The third kappa shape index (κ3) is 4.64. The number of hydrogen-bond acceptors (Lipinski definition) is 3. The molecule has 0 radical (unpaired) electrons. The zero-order chi connectivity index (χ0) is 12.7. The lowest BCUT2D eigenvalue weighted by Gasteiger charge is -2.36. The fraction of sp³-hybridized carbons (Fsp3) is 0.923. The molecule has 0 aromatic rings. The summed E-state index contributed by atoms with van der Waals surface area (Å²) in [6.45, 7) is 7.27. The van der Waals surface area contributed by atoms with E-state index in [9.17, 15) is 9.90 Å². The smallest absolute Gasteiger partial charge is 0.320 e. The number of nitrogens with zero attached hydrogens (tertiary/aromatic N) is 1. The molecular weight excluding hydrogens is 218 g/mol. The molecule has 1 saturated heterocycles. The average molecular weight is 243 g/mol. The van der Waals surface area contributed by atoms with Crippen molar-refractivity contribution in [1.82, 2.24) is 4.90 Å². The number of ether oxygens (including phenoxy) is 1. The Morgan fingerprint density at radius 1 is 1.41 bits per heavy atom. The van der Waals surface area contributed by atoms with Gasteiger partial charge in [0.1, 0.15) is 6.04 Å². The highest BCUT2D eigenvalue weighted by Crippen LogP contribution is 2.25. The van der Waals surface area contributed by atoms with Gasteiger partial charge in [0, 0.05) is 13.2 Å². The summed E-state index contributed by atoms with van der Waals surface area (Å²) in [5.74, 6) is -0.109. The van der Waals surface area contributed by atoms with E-state index in [0.717, 1.165) is 45.4 Å². The molecule has 0 spiro atoms. The molecule has 0 bridgehead atoms. The predicted octanol–water partition coefficient (Wildman–Crippen LogP) is 1.99. The van der Waals surface area contributed by atoms with E-state index in [1.54, 1.807) is 0 Å². The van der Waals surface area contributed by atoms with E-state index in [2.05, 4.69) is 18.7 Å². The zero-order valence-corrected chi connectivity index (χ0v) is 11.0. The lowest BCUT2D eigenvalue weighted by atomic mass is 9.89. The van der Waals surface area contributed by atoms with Crippen molar-refractivity contribution in [3.63, 3.8) is 0 Å². The second-order valence-corrected chi connectivity index (χ2v) is 4.80. The van der Waals surface area contributed by atoms with Crippen LogP contribution in [-0.4, -0.2) is 48.3 Å². The molecular formula is C13H25NO3. The topological polar surface area (TPSA) is 49.8 Å². The van der Waals surface area contributed by atoms with Crippen LogP contribution in [0.1, 0.15) is 39.5 Å². The SMILES string of the molecule is CCCOCCN1CCC(CC)CC1C(=O)O. The Balaban J connectivity index is 2.38. The molecule has 2 unspecified atom stereocenters. The Hall–Kier alpha value is -0.610.